The molecule has 0 spiro atoms. The predicted molar refractivity (Wildman–Crippen MR) is 115 cm³/mol. The third-order valence-corrected chi connectivity index (χ3v) is 5.52. The molecule has 0 bridgehead atoms. The fraction of sp³-hybridized carbons (Fsp3) is 0.130. The molecule has 2 aromatic carbocycles. The molecule has 4 rings (SSSR count). The number of aromatic nitrogens is 1. The van der Waals surface area contributed by atoms with Gasteiger partial charge in [0.25, 0.3) is 5.91 Å². The second kappa shape index (κ2) is 8.88. The second-order valence-corrected chi connectivity index (χ2v) is 7.98. The Morgan fingerprint density at radius 1 is 1.18 bits per heavy atom. The van der Waals surface area contributed by atoms with Crippen LogP contribution in [-0.2, 0) is 17.5 Å². The van der Waals surface area contributed by atoms with Crippen LogP contribution >= 0.6 is 11.3 Å². The highest BCUT2D eigenvalue weighted by molar-refractivity contribution is 7.13. The monoisotopic (exact) mass is 469 g/mol. The van der Waals surface area contributed by atoms with Crippen molar-refractivity contribution in [1.82, 2.24) is 9.88 Å². The topological polar surface area (TPSA) is 79.4 Å². The standard InChI is InChI=1S/C23H14F3N3O3S/c24-23(25,26)19-10-16(6-3-14-1-4-15(13-30)5-2-14)9-17-18(19)11-29(21(17)32)12-20(31)28-22-27-7-8-33-22/h1-2,4-5,7-10,13H,11-12H2,(H,27,28,31). The summed E-state index contributed by atoms with van der Waals surface area (Å²) in [5.41, 5.74) is -0.314. The van der Waals surface area contributed by atoms with Crippen molar-refractivity contribution in [2.75, 3.05) is 11.9 Å². The van der Waals surface area contributed by atoms with E-state index in [1.807, 2.05) is 0 Å². The van der Waals surface area contributed by atoms with Gasteiger partial charge in [-0.1, -0.05) is 24.0 Å². The van der Waals surface area contributed by atoms with Gasteiger partial charge in [-0.3, -0.25) is 14.4 Å². The minimum Gasteiger partial charge on any atom is -0.325 e. The Hall–Kier alpha value is -3.97. The van der Waals surface area contributed by atoms with Gasteiger partial charge >= 0.3 is 6.18 Å². The lowest BCUT2D eigenvalue weighted by Crippen LogP contribution is -2.33. The lowest BCUT2D eigenvalue weighted by Gasteiger charge is -2.15. The zero-order valence-corrected chi connectivity index (χ0v) is 17.6. The number of nitrogens with zero attached hydrogens (tertiary/aromatic N) is 2. The number of rotatable bonds is 4. The predicted octanol–water partition coefficient (Wildman–Crippen LogP) is 3.97. The van der Waals surface area contributed by atoms with Crippen molar-refractivity contribution >= 4 is 34.6 Å². The number of carbonyl (C=O) groups excluding carboxylic acids is 3. The molecule has 6 nitrogen and oxygen atoms in total. The second-order valence-electron chi connectivity index (χ2n) is 7.08. The number of fused-ring (bicyclic) bond motifs is 1. The molecule has 166 valence electrons. The number of aldehydes is 1. The molecular formula is C23H14F3N3O3S. The van der Waals surface area contributed by atoms with Crippen molar-refractivity contribution < 1.29 is 27.6 Å². The maximum absolute atomic E-state index is 13.7. The summed E-state index contributed by atoms with van der Waals surface area (Å²) in [6, 6.07) is 8.43. The van der Waals surface area contributed by atoms with E-state index in [1.165, 1.54) is 23.6 Å². The van der Waals surface area contributed by atoms with E-state index in [2.05, 4.69) is 22.1 Å². The molecule has 33 heavy (non-hydrogen) atoms. The molecule has 1 aliphatic heterocycles. The van der Waals surface area contributed by atoms with Gasteiger partial charge in [0.1, 0.15) is 12.8 Å². The van der Waals surface area contributed by atoms with Crippen LogP contribution in [0, 0.1) is 11.8 Å². The van der Waals surface area contributed by atoms with E-state index in [1.54, 1.807) is 29.6 Å². The fourth-order valence-electron chi connectivity index (χ4n) is 3.33. The summed E-state index contributed by atoms with van der Waals surface area (Å²) < 4.78 is 41.2. The van der Waals surface area contributed by atoms with Gasteiger partial charge in [0, 0.05) is 40.4 Å². The first-order chi connectivity index (χ1) is 15.7. The molecule has 1 aromatic heterocycles. The summed E-state index contributed by atoms with van der Waals surface area (Å²) in [4.78, 5) is 40.7. The van der Waals surface area contributed by atoms with Crippen molar-refractivity contribution in [3.05, 3.63) is 81.4 Å². The van der Waals surface area contributed by atoms with E-state index in [4.69, 9.17) is 0 Å². The van der Waals surface area contributed by atoms with Crippen molar-refractivity contribution in [3.8, 4) is 11.8 Å². The van der Waals surface area contributed by atoms with Crippen LogP contribution in [0.5, 0.6) is 0 Å². The molecule has 0 atom stereocenters. The van der Waals surface area contributed by atoms with Gasteiger partial charge in [0.05, 0.1) is 5.56 Å². The highest BCUT2D eigenvalue weighted by Gasteiger charge is 2.40. The highest BCUT2D eigenvalue weighted by atomic mass is 32.1. The van der Waals surface area contributed by atoms with Gasteiger partial charge in [-0.15, -0.1) is 11.3 Å². The first kappa shape index (κ1) is 22.2. The molecule has 0 saturated carbocycles. The average molecular weight is 469 g/mol. The molecule has 3 aromatic rings. The maximum atomic E-state index is 13.7. The third-order valence-electron chi connectivity index (χ3n) is 4.83. The van der Waals surface area contributed by atoms with Crippen molar-refractivity contribution in [1.29, 1.82) is 0 Å². The van der Waals surface area contributed by atoms with E-state index in [0.29, 0.717) is 22.5 Å². The smallest absolute Gasteiger partial charge is 0.325 e. The fourth-order valence-corrected chi connectivity index (χ4v) is 3.87. The summed E-state index contributed by atoms with van der Waals surface area (Å²) >= 11 is 1.18. The molecule has 0 aliphatic carbocycles. The largest absolute Gasteiger partial charge is 0.416 e. The Labute approximate surface area is 190 Å². The van der Waals surface area contributed by atoms with E-state index >= 15 is 0 Å². The van der Waals surface area contributed by atoms with Crippen LogP contribution in [0.1, 0.15) is 43.0 Å². The SMILES string of the molecule is O=Cc1ccc(C#Cc2cc3c(c(C(F)(F)F)c2)CN(CC(=O)Nc2nccs2)C3=O)cc1. The number of carbonyl (C=O) groups is 3. The molecule has 0 saturated heterocycles. The van der Waals surface area contributed by atoms with Crippen LogP contribution < -0.4 is 5.32 Å². The molecule has 0 unspecified atom stereocenters. The number of halogens is 3. The Kier molecular flexibility index (Phi) is 5.98. The molecule has 1 N–H and O–H groups in total. The quantitative estimate of drug-likeness (QED) is 0.463. The van der Waals surface area contributed by atoms with Gasteiger partial charge < -0.3 is 10.2 Å². The first-order valence-electron chi connectivity index (χ1n) is 9.54. The first-order valence-corrected chi connectivity index (χ1v) is 10.4. The van der Waals surface area contributed by atoms with E-state index in [0.717, 1.165) is 11.0 Å². The number of hydrogen-bond acceptors (Lipinski definition) is 5. The molecule has 2 heterocycles. The lowest BCUT2D eigenvalue weighted by atomic mass is 9.99. The minimum absolute atomic E-state index is 0.0166. The summed E-state index contributed by atoms with van der Waals surface area (Å²) in [6.07, 6.45) is -2.54. The molecule has 10 heteroatoms. The van der Waals surface area contributed by atoms with Crippen molar-refractivity contribution in [2.45, 2.75) is 12.7 Å². The van der Waals surface area contributed by atoms with Crippen LogP contribution in [0.15, 0.2) is 48.0 Å². The van der Waals surface area contributed by atoms with Crippen LogP contribution in [0.25, 0.3) is 0 Å². The minimum atomic E-state index is -4.70. The van der Waals surface area contributed by atoms with E-state index in [9.17, 15) is 27.6 Å². The molecule has 0 fully saturated rings. The van der Waals surface area contributed by atoms with Crippen molar-refractivity contribution in [3.63, 3.8) is 0 Å². The normalized spacial score (nSPS) is 12.7. The van der Waals surface area contributed by atoms with E-state index < -0.39 is 30.1 Å². The lowest BCUT2D eigenvalue weighted by molar-refractivity contribution is -0.138. The number of amides is 2. The van der Waals surface area contributed by atoms with Gasteiger partial charge in [0.15, 0.2) is 5.13 Å². The average Bonchev–Trinajstić information content (AvgIpc) is 3.39. The summed E-state index contributed by atoms with van der Waals surface area (Å²) in [7, 11) is 0. The zero-order chi connectivity index (χ0) is 23.6. The number of alkyl halides is 3. The van der Waals surface area contributed by atoms with Crippen molar-refractivity contribution in [2.24, 2.45) is 0 Å². The number of nitrogens with one attached hydrogen (secondary N) is 1. The Morgan fingerprint density at radius 3 is 2.55 bits per heavy atom. The number of anilines is 1. The highest BCUT2D eigenvalue weighted by Crippen LogP contribution is 2.38. The Morgan fingerprint density at radius 2 is 1.91 bits per heavy atom. The van der Waals surface area contributed by atoms with Crippen LogP contribution in [0.4, 0.5) is 18.3 Å². The van der Waals surface area contributed by atoms with Crippen LogP contribution in [0.2, 0.25) is 0 Å². The number of thiazole rings is 1. The van der Waals surface area contributed by atoms with Gasteiger partial charge in [-0.2, -0.15) is 13.2 Å². The van der Waals surface area contributed by atoms with Crippen LogP contribution in [0.3, 0.4) is 0 Å². The van der Waals surface area contributed by atoms with Gasteiger partial charge in [-0.25, -0.2) is 4.98 Å². The van der Waals surface area contributed by atoms with Gasteiger partial charge in [0.2, 0.25) is 5.91 Å². The Balaban J connectivity index is 1.61. The molecule has 0 radical (unpaired) electrons. The van der Waals surface area contributed by atoms with Crippen LogP contribution in [-0.4, -0.2) is 34.5 Å². The Bertz CT molecular complexity index is 1290. The maximum Gasteiger partial charge on any atom is 0.416 e. The summed E-state index contributed by atoms with van der Waals surface area (Å²) in [5.74, 6) is 4.15. The zero-order valence-electron chi connectivity index (χ0n) is 16.8. The van der Waals surface area contributed by atoms with Gasteiger partial charge in [-0.05, 0) is 29.8 Å². The number of hydrogen-bond donors (Lipinski definition) is 1. The number of benzene rings is 2. The summed E-state index contributed by atoms with van der Waals surface area (Å²) in [5, 5.41) is 4.49. The summed E-state index contributed by atoms with van der Waals surface area (Å²) in [6.45, 7) is -0.746. The molecule has 1 aliphatic rings. The van der Waals surface area contributed by atoms with E-state index in [-0.39, 0.29) is 23.2 Å². The molecular weight excluding hydrogens is 455 g/mol. The molecule has 2 amide bonds. The third kappa shape index (κ3) is 4.94.